The molecule has 0 bridgehead atoms. The second-order valence-electron chi connectivity index (χ2n) is 4.52. The van der Waals surface area contributed by atoms with Crippen molar-refractivity contribution < 1.29 is 9.59 Å². The summed E-state index contributed by atoms with van der Waals surface area (Å²) in [7, 11) is 0. The molecular formula is C17H15N3O2. The average molecular weight is 293 g/mol. The van der Waals surface area contributed by atoms with E-state index in [9.17, 15) is 0 Å². The van der Waals surface area contributed by atoms with Crippen LogP contribution >= 0.6 is 0 Å². The summed E-state index contributed by atoms with van der Waals surface area (Å²) < 4.78 is 1.79. The number of rotatable bonds is 3. The molecule has 0 saturated carbocycles. The molecule has 0 aliphatic rings. The molecule has 0 aliphatic heterocycles. The van der Waals surface area contributed by atoms with Gasteiger partial charge in [0.2, 0.25) is 0 Å². The van der Waals surface area contributed by atoms with Gasteiger partial charge in [-0.15, -0.1) is 5.10 Å². The zero-order valence-electron chi connectivity index (χ0n) is 12.1. The third-order valence-electron chi connectivity index (χ3n) is 3.17. The number of aryl methyl sites for hydroxylation is 1. The Hall–Kier alpha value is -3.04. The highest BCUT2D eigenvalue weighted by Gasteiger charge is 2.04. The van der Waals surface area contributed by atoms with Gasteiger partial charge in [-0.05, 0) is 24.1 Å². The van der Waals surface area contributed by atoms with Gasteiger partial charge in [-0.3, -0.25) is 0 Å². The van der Waals surface area contributed by atoms with E-state index in [1.54, 1.807) is 4.68 Å². The summed E-state index contributed by atoms with van der Waals surface area (Å²) in [4.78, 5) is 16.2. The molecule has 0 atom stereocenters. The first-order valence-electron chi connectivity index (χ1n) is 6.85. The predicted molar refractivity (Wildman–Crippen MR) is 81.2 cm³/mol. The lowest BCUT2D eigenvalue weighted by Gasteiger charge is -1.99. The molecule has 0 spiro atoms. The summed E-state index contributed by atoms with van der Waals surface area (Å²) >= 11 is 0. The summed E-state index contributed by atoms with van der Waals surface area (Å²) in [5.41, 5.74) is 4.34. The van der Waals surface area contributed by atoms with Crippen LogP contribution in [-0.4, -0.2) is 21.1 Å². The van der Waals surface area contributed by atoms with Crippen molar-refractivity contribution in [3.8, 4) is 16.9 Å². The Morgan fingerprint density at radius 2 is 1.64 bits per heavy atom. The number of aromatic nitrogens is 3. The zero-order chi connectivity index (χ0) is 15.8. The van der Waals surface area contributed by atoms with Crippen molar-refractivity contribution in [2.24, 2.45) is 0 Å². The summed E-state index contributed by atoms with van der Waals surface area (Å²) in [6.45, 7) is 2.15. The van der Waals surface area contributed by atoms with Crippen LogP contribution in [-0.2, 0) is 16.0 Å². The van der Waals surface area contributed by atoms with E-state index in [2.05, 4.69) is 41.5 Å². The Morgan fingerprint density at radius 3 is 2.23 bits per heavy atom. The van der Waals surface area contributed by atoms with Crippen LogP contribution in [0.4, 0.5) is 0 Å². The minimum absolute atomic E-state index is 0.250. The maximum Gasteiger partial charge on any atom is 0.373 e. The monoisotopic (exact) mass is 293 g/mol. The normalized spacial score (nSPS) is 9.50. The van der Waals surface area contributed by atoms with Crippen LogP contribution in [0.2, 0.25) is 0 Å². The fraction of sp³-hybridized carbons (Fsp3) is 0.118. The summed E-state index contributed by atoms with van der Waals surface area (Å²) in [6.07, 6.45) is 3.26. The van der Waals surface area contributed by atoms with Crippen LogP contribution in [0.5, 0.6) is 0 Å². The van der Waals surface area contributed by atoms with E-state index in [1.165, 1.54) is 5.56 Å². The van der Waals surface area contributed by atoms with E-state index >= 15 is 0 Å². The van der Waals surface area contributed by atoms with Crippen molar-refractivity contribution >= 4 is 6.15 Å². The van der Waals surface area contributed by atoms with Gasteiger partial charge >= 0.3 is 6.15 Å². The van der Waals surface area contributed by atoms with E-state index in [-0.39, 0.29) is 6.15 Å². The average Bonchev–Trinajstić information content (AvgIpc) is 3.06. The SMILES string of the molecule is CCc1ccc(-c2cn(-c3ccccc3)nn2)cc1.O=C=O. The molecule has 0 saturated heterocycles. The lowest BCUT2D eigenvalue weighted by Crippen LogP contribution is -1.93. The Kier molecular flexibility index (Phi) is 5.35. The molecule has 0 fully saturated rings. The van der Waals surface area contributed by atoms with E-state index in [0.29, 0.717) is 0 Å². The van der Waals surface area contributed by atoms with E-state index < -0.39 is 0 Å². The van der Waals surface area contributed by atoms with E-state index in [1.807, 2.05) is 36.5 Å². The standard InChI is InChI=1S/C16H15N3.CO2/c1-2-13-8-10-14(11-9-13)16-12-19(18-17-16)15-6-4-3-5-7-15;2-1-3/h3-12H,2H2,1H3;. The Labute approximate surface area is 128 Å². The molecule has 2 aromatic carbocycles. The fourth-order valence-corrected chi connectivity index (χ4v) is 2.01. The van der Waals surface area contributed by atoms with Crippen molar-refractivity contribution in [2.45, 2.75) is 13.3 Å². The minimum atomic E-state index is 0.250. The first kappa shape index (κ1) is 15.4. The maximum absolute atomic E-state index is 8.12. The van der Waals surface area contributed by atoms with Gasteiger partial charge in [-0.1, -0.05) is 54.6 Å². The van der Waals surface area contributed by atoms with Crippen molar-refractivity contribution in [1.82, 2.24) is 15.0 Å². The van der Waals surface area contributed by atoms with Crippen molar-refractivity contribution in [3.63, 3.8) is 0 Å². The Balaban J connectivity index is 0.000000545. The van der Waals surface area contributed by atoms with Gasteiger partial charge in [0.15, 0.2) is 0 Å². The molecule has 0 amide bonds. The fourth-order valence-electron chi connectivity index (χ4n) is 2.01. The Bertz CT molecular complexity index is 743. The van der Waals surface area contributed by atoms with Gasteiger partial charge in [0.25, 0.3) is 0 Å². The number of nitrogens with zero attached hydrogens (tertiary/aromatic N) is 3. The van der Waals surface area contributed by atoms with Gasteiger partial charge in [0.1, 0.15) is 5.69 Å². The molecule has 0 unspecified atom stereocenters. The number of hydrogen-bond donors (Lipinski definition) is 0. The van der Waals surface area contributed by atoms with Crippen LogP contribution in [0.15, 0.2) is 60.8 Å². The van der Waals surface area contributed by atoms with Crippen LogP contribution in [0.1, 0.15) is 12.5 Å². The molecule has 1 aromatic heterocycles. The van der Waals surface area contributed by atoms with Crippen LogP contribution in [0.25, 0.3) is 16.9 Å². The third-order valence-corrected chi connectivity index (χ3v) is 3.17. The van der Waals surface area contributed by atoms with E-state index in [4.69, 9.17) is 9.59 Å². The highest BCUT2D eigenvalue weighted by molar-refractivity contribution is 5.58. The number of para-hydroxylation sites is 1. The molecule has 5 heteroatoms. The molecule has 22 heavy (non-hydrogen) atoms. The summed E-state index contributed by atoms with van der Waals surface area (Å²) in [5, 5.41) is 8.40. The van der Waals surface area contributed by atoms with Gasteiger partial charge in [0.05, 0.1) is 11.9 Å². The highest BCUT2D eigenvalue weighted by atomic mass is 16.2. The number of hydrogen-bond acceptors (Lipinski definition) is 4. The number of carbonyl (C=O) groups excluding carboxylic acids is 2. The third kappa shape index (κ3) is 3.75. The van der Waals surface area contributed by atoms with Crippen LogP contribution in [0, 0.1) is 0 Å². The smallest absolute Gasteiger partial charge is 0.220 e. The van der Waals surface area contributed by atoms with Gasteiger partial charge in [-0.25, -0.2) is 4.68 Å². The molecule has 0 aliphatic carbocycles. The van der Waals surface area contributed by atoms with Gasteiger partial charge in [-0.2, -0.15) is 9.59 Å². The van der Waals surface area contributed by atoms with Crippen molar-refractivity contribution in [3.05, 3.63) is 66.4 Å². The molecule has 1 heterocycles. The second kappa shape index (κ2) is 7.67. The maximum atomic E-state index is 8.12. The van der Waals surface area contributed by atoms with Gasteiger partial charge in [0, 0.05) is 5.56 Å². The molecule has 3 aromatic rings. The zero-order valence-corrected chi connectivity index (χ0v) is 12.1. The largest absolute Gasteiger partial charge is 0.373 e. The summed E-state index contributed by atoms with van der Waals surface area (Å²) in [5.74, 6) is 0. The topological polar surface area (TPSA) is 64.8 Å². The first-order chi connectivity index (χ1) is 10.8. The van der Waals surface area contributed by atoms with E-state index in [0.717, 1.165) is 23.4 Å². The molecule has 0 radical (unpaired) electrons. The van der Waals surface area contributed by atoms with Crippen LogP contribution < -0.4 is 0 Å². The predicted octanol–water partition coefficient (Wildman–Crippen LogP) is 2.91. The molecule has 0 N–H and O–H groups in total. The lowest BCUT2D eigenvalue weighted by molar-refractivity contribution is -0.191. The lowest BCUT2D eigenvalue weighted by atomic mass is 10.1. The number of benzene rings is 2. The quantitative estimate of drug-likeness (QED) is 0.744. The molecular weight excluding hydrogens is 278 g/mol. The second-order valence-corrected chi connectivity index (χ2v) is 4.52. The first-order valence-corrected chi connectivity index (χ1v) is 6.85. The molecule has 5 nitrogen and oxygen atoms in total. The van der Waals surface area contributed by atoms with Crippen LogP contribution in [0.3, 0.4) is 0 Å². The Morgan fingerprint density at radius 1 is 1.00 bits per heavy atom. The van der Waals surface area contributed by atoms with Crippen molar-refractivity contribution in [2.75, 3.05) is 0 Å². The highest BCUT2D eigenvalue weighted by Crippen LogP contribution is 2.18. The van der Waals surface area contributed by atoms with Gasteiger partial charge < -0.3 is 0 Å². The van der Waals surface area contributed by atoms with Crippen molar-refractivity contribution in [1.29, 1.82) is 0 Å². The summed E-state index contributed by atoms with van der Waals surface area (Å²) in [6, 6.07) is 18.5. The molecule has 3 rings (SSSR count). The molecule has 110 valence electrons. The minimum Gasteiger partial charge on any atom is -0.220 e.